The van der Waals surface area contributed by atoms with Crippen LogP contribution in [0.2, 0.25) is 0 Å². The molecule has 2 nitrogen and oxygen atoms in total. The van der Waals surface area contributed by atoms with Crippen molar-refractivity contribution < 1.29 is 0 Å². The second-order valence-corrected chi connectivity index (χ2v) is 6.26. The van der Waals surface area contributed by atoms with Gasteiger partial charge in [-0.15, -0.1) is 0 Å². The molecule has 4 aromatic rings. The van der Waals surface area contributed by atoms with E-state index in [0.29, 0.717) is 0 Å². The van der Waals surface area contributed by atoms with Gasteiger partial charge in [0.1, 0.15) is 0 Å². The third-order valence-corrected chi connectivity index (χ3v) is 5.06. The zero-order chi connectivity index (χ0) is 15.0. The van der Waals surface area contributed by atoms with Crippen LogP contribution in [0.4, 0.5) is 0 Å². The first-order valence-corrected chi connectivity index (χ1v) is 7.82. The maximum atomic E-state index is 4.15. The molecule has 1 heterocycles. The van der Waals surface area contributed by atoms with Crippen LogP contribution < -0.4 is 0 Å². The highest BCUT2D eigenvalue weighted by Gasteiger charge is 2.21. The molecule has 3 aromatic carbocycles. The van der Waals surface area contributed by atoms with Gasteiger partial charge in [-0.1, -0.05) is 42.5 Å². The molecule has 1 aromatic heterocycles. The maximum absolute atomic E-state index is 4.15. The lowest BCUT2D eigenvalue weighted by molar-refractivity contribution is 1.12. The van der Waals surface area contributed by atoms with Gasteiger partial charge in [0.05, 0.1) is 11.7 Å². The quantitative estimate of drug-likeness (QED) is 0.442. The monoisotopic (exact) mass is 292 g/mol. The molecule has 0 spiro atoms. The molecule has 0 aliphatic heterocycles. The average molecular weight is 292 g/mol. The Morgan fingerprint density at radius 3 is 2.83 bits per heavy atom. The van der Waals surface area contributed by atoms with E-state index in [9.17, 15) is 0 Å². The molecule has 1 N–H and O–H groups in total. The number of nitrogens with zero attached hydrogens (tertiary/aromatic N) is 1. The highest BCUT2D eigenvalue weighted by Crippen LogP contribution is 2.43. The fraction of sp³-hybridized carbons (Fsp3) is 0. The normalized spacial score (nSPS) is 15.3. The largest absolute Gasteiger partial charge is 0.278 e. The fourth-order valence-corrected chi connectivity index (χ4v) is 3.95. The predicted octanol–water partition coefficient (Wildman–Crippen LogP) is 5.22. The molecule has 2 aliphatic rings. The minimum atomic E-state index is 1.09. The topological polar surface area (TPSA) is 28.7 Å². The lowest BCUT2D eigenvalue weighted by atomic mass is 9.94. The van der Waals surface area contributed by atoms with E-state index in [4.69, 9.17) is 0 Å². The van der Waals surface area contributed by atoms with Crippen LogP contribution in [0.3, 0.4) is 0 Å². The van der Waals surface area contributed by atoms with E-state index in [1.54, 1.807) is 0 Å². The first-order chi connectivity index (χ1) is 11.4. The van der Waals surface area contributed by atoms with Crippen molar-refractivity contribution in [2.24, 2.45) is 0 Å². The molecule has 0 saturated heterocycles. The molecule has 0 radical (unpaired) electrons. The molecule has 0 bridgehead atoms. The molecule has 0 fully saturated rings. The van der Waals surface area contributed by atoms with E-state index < -0.39 is 0 Å². The summed E-state index contributed by atoms with van der Waals surface area (Å²) in [6.45, 7) is 0. The molecular weight excluding hydrogens is 280 g/mol. The van der Waals surface area contributed by atoms with Crippen LogP contribution in [0.25, 0.3) is 44.1 Å². The van der Waals surface area contributed by atoms with Crippen molar-refractivity contribution in [2.75, 3.05) is 0 Å². The van der Waals surface area contributed by atoms with Crippen LogP contribution in [0.1, 0.15) is 11.1 Å². The standard InChI is InChI=1S/C21H12N2/c1-2-12-8-20-16(15(12)3-1)6-7-17-18(20)5-4-13-10-21-14(9-19(13)17)11-22-23-21/h1-11H,(H,22,23). The Hall–Kier alpha value is -3.13. The second-order valence-electron chi connectivity index (χ2n) is 6.26. The van der Waals surface area contributed by atoms with Crippen LogP contribution in [0.5, 0.6) is 0 Å². The van der Waals surface area contributed by atoms with E-state index in [1.807, 2.05) is 6.20 Å². The number of hydrogen-bond acceptors (Lipinski definition) is 1. The van der Waals surface area contributed by atoms with Gasteiger partial charge >= 0.3 is 0 Å². The Balaban J connectivity index is 1.78. The van der Waals surface area contributed by atoms with E-state index in [-0.39, 0.29) is 0 Å². The van der Waals surface area contributed by atoms with Gasteiger partial charge in [0.2, 0.25) is 0 Å². The minimum Gasteiger partial charge on any atom is -0.278 e. The van der Waals surface area contributed by atoms with Gasteiger partial charge < -0.3 is 0 Å². The van der Waals surface area contributed by atoms with Crippen molar-refractivity contribution in [1.82, 2.24) is 10.2 Å². The Labute approximate surface area is 132 Å². The Kier molecular flexibility index (Phi) is 1.89. The average Bonchev–Trinajstić information content (AvgIpc) is 3.27. The fourth-order valence-electron chi connectivity index (χ4n) is 3.95. The minimum absolute atomic E-state index is 1.09. The first-order valence-electron chi connectivity index (χ1n) is 7.82. The van der Waals surface area contributed by atoms with Crippen LogP contribution >= 0.6 is 0 Å². The maximum Gasteiger partial charge on any atom is 0.0656 e. The van der Waals surface area contributed by atoms with Crippen LogP contribution in [-0.4, -0.2) is 10.2 Å². The number of fused-ring (bicyclic) bond motifs is 8. The zero-order valence-corrected chi connectivity index (χ0v) is 12.3. The summed E-state index contributed by atoms with van der Waals surface area (Å²) in [6.07, 6.45) is 10.7. The molecule has 0 saturated carbocycles. The number of aromatic amines is 1. The van der Waals surface area contributed by atoms with Crippen LogP contribution in [0.15, 0.2) is 66.4 Å². The van der Waals surface area contributed by atoms with Crippen molar-refractivity contribution in [3.63, 3.8) is 0 Å². The lowest BCUT2D eigenvalue weighted by Gasteiger charge is -2.09. The van der Waals surface area contributed by atoms with Crippen LogP contribution in [0, 0.1) is 0 Å². The lowest BCUT2D eigenvalue weighted by Crippen LogP contribution is -1.86. The van der Waals surface area contributed by atoms with Gasteiger partial charge in [0, 0.05) is 5.39 Å². The summed E-state index contributed by atoms with van der Waals surface area (Å²) in [5.41, 5.74) is 6.47. The number of rotatable bonds is 0. The SMILES string of the molecule is C1=CC2=Cc3c(ccc4c3ccc3cc5[nH]ncc5cc34)C2=C1. The molecule has 23 heavy (non-hydrogen) atoms. The summed E-state index contributed by atoms with van der Waals surface area (Å²) >= 11 is 0. The third-order valence-electron chi connectivity index (χ3n) is 5.06. The number of benzene rings is 3. The third kappa shape index (κ3) is 1.36. The van der Waals surface area contributed by atoms with E-state index in [2.05, 4.69) is 70.9 Å². The first kappa shape index (κ1) is 11.4. The summed E-state index contributed by atoms with van der Waals surface area (Å²) in [7, 11) is 0. The summed E-state index contributed by atoms with van der Waals surface area (Å²) in [5.74, 6) is 0. The molecule has 106 valence electrons. The summed E-state index contributed by atoms with van der Waals surface area (Å²) in [6, 6.07) is 13.4. The summed E-state index contributed by atoms with van der Waals surface area (Å²) in [5, 5.41) is 13.5. The van der Waals surface area contributed by atoms with Gasteiger partial charge in [-0.3, -0.25) is 5.10 Å². The number of hydrogen-bond donors (Lipinski definition) is 1. The molecule has 0 atom stereocenters. The van der Waals surface area contributed by atoms with Crippen LogP contribution in [-0.2, 0) is 0 Å². The van der Waals surface area contributed by atoms with E-state index in [1.165, 1.54) is 43.8 Å². The highest BCUT2D eigenvalue weighted by atomic mass is 15.1. The van der Waals surface area contributed by atoms with Crippen molar-refractivity contribution in [3.8, 4) is 0 Å². The molecular formula is C21H12N2. The van der Waals surface area contributed by atoms with Crippen molar-refractivity contribution >= 4 is 44.1 Å². The Bertz CT molecular complexity index is 1250. The number of H-pyrrole nitrogens is 1. The molecule has 2 aliphatic carbocycles. The van der Waals surface area contributed by atoms with Gasteiger partial charge in [0.15, 0.2) is 0 Å². The molecule has 6 rings (SSSR count). The van der Waals surface area contributed by atoms with Gasteiger partial charge in [-0.2, -0.15) is 5.10 Å². The van der Waals surface area contributed by atoms with E-state index >= 15 is 0 Å². The van der Waals surface area contributed by atoms with Crippen molar-refractivity contribution in [1.29, 1.82) is 0 Å². The Morgan fingerprint density at radius 1 is 0.870 bits per heavy atom. The number of nitrogens with one attached hydrogen (secondary N) is 1. The zero-order valence-electron chi connectivity index (χ0n) is 12.3. The van der Waals surface area contributed by atoms with Gasteiger partial charge in [-0.25, -0.2) is 0 Å². The molecule has 0 unspecified atom stereocenters. The summed E-state index contributed by atoms with van der Waals surface area (Å²) < 4.78 is 0. The second kappa shape index (κ2) is 3.79. The Morgan fingerprint density at radius 2 is 1.83 bits per heavy atom. The molecule has 2 heteroatoms. The van der Waals surface area contributed by atoms with E-state index in [0.717, 1.165) is 10.9 Å². The number of aromatic nitrogens is 2. The number of allylic oxidation sites excluding steroid dienone is 5. The summed E-state index contributed by atoms with van der Waals surface area (Å²) in [4.78, 5) is 0. The van der Waals surface area contributed by atoms with Gasteiger partial charge in [-0.05, 0) is 62.0 Å². The predicted molar refractivity (Wildman–Crippen MR) is 96.2 cm³/mol. The van der Waals surface area contributed by atoms with Crippen molar-refractivity contribution in [3.05, 3.63) is 77.5 Å². The van der Waals surface area contributed by atoms with Gasteiger partial charge in [0.25, 0.3) is 0 Å². The smallest absolute Gasteiger partial charge is 0.0656 e. The highest BCUT2D eigenvalue weighted by molar-refractivity contribution is 6.16. The van der Waals surface area contributed by atoms with Crippen molar-refractivity contribution in [2.45, 2.75) is 0 Å². The molecule has 0 amide bonds.